The Hall–Kier alpha value is 0.0700. The van der Waals surface area contributed by atoms with Crippen LogP contribution in [0.2, 0.25) is 0 Å². The van der Waals surface area contributed by atoms with Crippen molar-refractivity contribution in [2.45, 2.75) is 12.8 Å². The molecule has 0 aromatic rings. The van der Waals surface area contributed by atoms with Crippen LogP contribution in [0.25, 0.3) is 0 Å². The van der Waals surface area contributed by atoms with E-state index < -0.39 is 0 Å². The van der Waals surface area contributed by atoms with Gasteiger partial charge in [0.05, 0.1) is 0 Å². The van der Waals surface area contributed by atoms with Crippen molar-refractivity contribution in [2.75, 3.05) is 38.2 Å². The van der Waals surface area contributed by atoms with Gasteiger partial charge in [0, 0.05) is 32.6 Å². The van der Waals surface area contributed by atoms with Crippen LogP contribution in [0.5, 0.6) is 0 Å². The molecule has 1 amide bonds. The fourth-order valence-corrected chi connectivity index (χ4v) is 3.02. The number of nitrogens with one attached hydrogen (secondary N) is 1. The molecule has 3 nitrogen and oxygen atoms in total. The van der Waals surface area contributed by atoms with Gasteiger partial charge in [0.1, 0.15) is 0 Å². The summed E-state index contributed by atoms with van der Waals surface area (Å²) in [5.41, 5.74) is 0. The number of rotatable bonds is 4. The largest absolute Gasteiger partial charge is 0.342 e. The molecule has 0 aromatic heterocycles. The topological polar surface area (TPSA) is 32.3 Å². The fraction of sp³-hybridized carbons (Fsp3) is 0.909. The van der Waals surface area contributed by atoms with E-state index in [2.05, 4.69) is 16.5 Å². The molecule has 0 saturated carbocycles. The summed E-state index contributed by atoms with van der Waals surface area (Å²) in [5, 5.41) is 3.39. The molecular weight excluding hydrogens is 244 g/mol. The Morgan fingerprint density at radius 1 is 1.38 bits per heavy atom. The zero-order valence-electron chi connectivity index (χ0n) is 9.78. The Labute approximate surface area is 108 Å². The number of hydrogen-bond acceptors (Lipinski definition) is 3. The summed E-state index contributed by atoms with van der Waals surface area (Å²) < 4.78 is 0. The Balaban J connectivity index is 0.00000128. The lowest BCUT2D eigenvalue weighted by Crippen LogP contribution is -2.31. The molecule has 0 spiro atoms. The van der Waals surface area contributed by atoms with E-state index in [1.807, 2.05) is 11.8 Å². The third kappa shape index (κ3) is 3.28. The molecule has 94 valence electrons. The van der Waals surface area contributed by atoms with Crippen molar-refractivity contribution in [1.29, 1.82) is 0 Å². The minimum Gasteiger partial charge on any atom is -0.342 e. The number of carbonyl (C=O) groups is 1. The van der Waals surface area contributed by atoms with Crippen LogP contribution in [0.3, 0.4) is 0 Å². The molecule has 2 aliphatic rings. The van der Waals surface area contributed by atoms with E-state index in [0.717, 1.165) is 56.6 Å². The van der Waals surface area contributed by atoms with Gasteiger partial charge in [-0.2, -0.15) is 11.8 Å². The van der Waals surface area contributed by atoms with E-state index in [4.69, 9.17) is 0 Å². The maximum atomic E-state index is 11.8. The van der Waals surface area contributed by atoms with Crippen molar-refractivity contribution >= 4 is 30.1 Å². The van der Waals surface area contributed by atoms with Crippen molar-refractivity contribution in [2.24, 2.45) is 11.8 Å². The highest BCUT2D eigenvalue weighted by Crippen LogP contribution is 2.26. The molecule has 0 unspecified atom stereocenters. The molecule has 5 heteroatoms. The summed E-state index contributed by atoms with van der Waals surface area (Å²) >= 11 is 1.82. The third-order valence-electron chi connectivity index (χ3n) is 3.48. The number of thioether (sulfide) groups is 1. The van der Waals surface area contributed by atoms with Crippen molar-refractivity contribution in [3.05, 3.63) is 0 Å². The lowest BCUT2D eigenvalue weighted by atomic mass is 10.0. The SMILES string of the molecule is CSCCCC(=O)N1C[C@H]2CNC[C@H]2C1.Cl. The number of carbonyl (C=O) groups excluding carboxylic acids is 1. The average molecular weight is 265 g/mol. The molecule has 0 bridgehead atoms. The molecule has 2 fully saturated rings. The molecule has 0 aromatic carbocycles. The summed E-state index contributed by atoms with van der Waals surface area (Å²) in [6.45, 7) is 4.21. The molecule has 1 N–H and O–H groups in total. The van der Waals surface area contributed by atoms with E-state index in [1.54, 1.807) is 0 Å². The van der Waals surface area contributed by atoms with E-state index in [9.17, 15) is 4.79 Å². The van der Waals surface area contributed by atoms with E-state index in [1.165, 1.54) is 0 Å². The third-order valence-corrected chi connectivity index (χ3v) is 4.18. The summed E-state index contributed by atoms with van der Waals surface area (Å²) in [6.07, 6.45) is 3.87. The average Bonchev–Trinajstić information content (AvgIpc) is 2.76. The highest BCUT2D eigenvalue weighted by atomic mass is 35.5. The Bertz CT molecular complexity index is 228. The first-order chi connectivity index (χ1) is 7.31. The number of hydrogen-bond donors (Lipinski definition) is 1. The van der Waals surface area contributed by atoms with Gasteiger partial charge in [-0.1, -0.05) is 0 Å². The quantitative estimate of drug-likeness (QED) is 0.776. The zero-order chi connectivity index (χ0) is 10.7. The van der Waals surface area contributed by atoms with Gasteiger partial charge < -0.3 is 10.2 Å². The predicted molar refractivity (Wildman–Crippen MR) is 71.3 cm³/mol. The van der Waals surface area contributed by atoms with Crippen molar-refractivity contribution in [3.63, 3.8) is 0 Å². The Morgan fingerprint density at radius 3 is 2.56 bits per heavy atom. The maximum absolute atomic E-state index is 11.8. The first kappa shape index (κ1) is 14.1. The van der Waals surface area contributed by atoms with Gasteiger partial charge in [-0.05, 0) is 30.3 Å². The fourth-order valence-electron chi connectivity index (χ4n) is 2.58. The molecule has 2 heterocycles. The van der Waals surface area contributed by atoms with Crippen LogP contribution in [-0.4, -0.2) is 49.0 Å². The molecule has 2 aliphatic heterocycles. The number of amides is 1. The standard InChI is InChI=1S/C11H20N2OS.ClH/c1-15-4-2-3-11(14)13-7-9-5-12-6-10(9)8-13;/h9-10,12H,2-8H2,1H3;1H/t9-,10+;. The molecule has 2 saturated heterocycles. The minimum atomic E-state index is 0. The van der Waals surface area contributed by atoms with Gasteiger partial charge in [0.2, 0.25) is 5.91 Å². The first-order valence-corrected chi connectivity index (χ1v) is 7.18. The van der Waals surface area contributed by atoms with Crippen LogP contribution in [0, 0.1) is 11.8 Å². The summed E-state index contributed by atoms with van der Waals surface area (Å²) in [4.78, 5) is 13.9. The molecular formula is C11H21ClN2OS. The Morgan fingerprint density at radius 2 is 2.00 bits per heavy atom. The van der Waals surface area contributed by atoms with Crippen molar-refractivity contribution < 1.29 is 4.79 Å². The zero-order valence-corrected chi connectivity index (χ0v) is 11.4. The molecule has 2 rings (SSSR count). The van der Waals surface area contributed by atoms with Gasteiger partial charge >= 0.3 is 0 Å². The second-order valence-corrected chi connectivity index (χ2v) is 5.56. The van der Waals surface area contributed by atoms with Crippen LogP contribution in [0.4, 0.5) is 0 Å². The predicted octanol–water partition coefficient (Wildman–Crippen LogP) is 1.23. The van der Waals surface area contributed by atoms with Crippen molar-refractivity contribution in [1.82, 2.24) is 10.2 Å². The number of nitrogens with zero attached hydrogens (tertiary/aromatic N) is 1. The highest BCUT2D eigenvalue weighted by molar-refractivity contribution is 7.98. The van der Waals surface area contributed by atoms with E-state index in [-0.39, 0.29) is 12.4 Å². The molecule has 2 atom stereocenters. The van der Waals surface area contributed by atoms with Crippen LogP contribution in [0.1, 0.15) is 12.8 Å². The molecule has 16 heavy (non-hydrogen) atoms. The highest BCUT2D eigenvalue weighted by Gasteiger charge is 2.37. The smallest absolute Gasteiger partial charge is 0.222 e. The van der Waals surface area contributed by atoms with Crippen LogP contribution >= 0.6 is 24.2 Å². The lowest BCUT2D eigenvalue weighted by Gasteiger charge is -2.17. The minimum absolute atomic E-state index is 0. The monoisotopic (exact) mass is 264 g/mol. The number of halogens is 1. The van der Waals surface area contributed by atoms with E-state index >= 15 is 0 Å². The van der Waals surface area contributed by atoms with E-state index in [0.29, 0.717) is 5.91 Å². The molecule has 0 radical (unpaired) electrons. The number of likely N-dealkylation sites (tertiary alicyclic amines) is 1. The first-order valence-electron chi connectivity index (χ1n) is 5.78. The lowest BCUT2D eigenvalue weighted by molar-refractivity contribution is -0.130. The van der Waals surface area contributed by atoms with Crippen LogP contribution in [-0.2, 0) is 4.79 Å². The Kier molecular flexibility index (Phi) is 5.94. The molecule has 0 aliphatic carbocycles. The van der Waals surface area contributed by atoms with Gasteiger partial charge in [0.15, 0.2) is 0 Å². The van der Waals surface area contributed by atoms with Gasteiger partial charge in [-0.25, -0.2) is 0 Å². The van der Waals surface area contributed by atoms with Gasteiger partial charge in [-0.15, -0.1) is 12.4 Å². The van der Waals surface area contributed by atoms with Crippen LogP contribution in [0.15, 0.2) is 0 Å². The summed E-state index contributed by atoms with van der Waals surface area (Å²) in [6, 6.07) is 0. The second-order valence-electron chi connectivity index (χ2n) is 4.57. The summed E-state index contributed by atoms with van der Waals surface area (Å²) in [7, 11) is 0. The number of fused-ring (bicyclic) bond motifs is 1. The normalized spacial score (nSPS) is 27.7. The van der Waals surface area contributed by atoms with Crippen LogP contribution < -0.4 is 5.32 Å². The van der Waals surface area contributed by atoms with Crippen molar-refractivity contribution in [3.8, 4) is 0 Å². The summed E-state index contributed by atoms with van der Waals surface area (Å²) in [5.74, 6) is 2.94. The second kappa shape index (κ2) is 6.72. The maximum Gasteiger partial charge on any atom is 0.222 e. The van der Waals surface area contributed by atoms with Gasteiger partial charge in [-0.3, -0.25) is 4.79 Å². The van der Waals surface area contributed by atoms with Gasteiger partial charge in [0.25, 0.3) is 0 Å².